The van der Waals surface area contributed by atoms with Gasteiger partial charge in [-0.1, -0.05) is 37.3 Å². The Morgan fingerprint density at radius 1 is 1.29 bits per heavy atom. The van der Waals surface area contributed by atoms with Crippen molar-refractivity contribution in [2.24, 2.45) is 5.92 Å². The number of rotatable bonds is 6. The summed E-state index contributed by atoms with van der Waals surface area (Å²) in [6, 6.07) is 12.3. The van der Waals surface area contributed by atoms with Crippen molar-refractivity contribution >= 4 is 0 Å². The van der Waals surface area contributed by atoms with Crippen LogP contribution in [0.4, 0.5) is 0 Å². The number of nitrogens with zero attached hydrogens (tertiary/aromatic N) is 1. The van der Waals surface area contributed by atoms with Crippen LogP contribution < -0.4 is 5.32 Å². The maximum atomic E-state index is 9.15. The number of nitriles is 1. The fourth-order valence-electron chi connectivity index (χ4n) is 1.59. The van der Waals surface area contributed by atoms with E-state index in [0.29, 0.717) is 6.54 Å². The molecule has 2 N–H and O–H groups in total. The van der Waals surface area contributed by atoms with Crippen molar-refractivity contribution in [1.29, 1.82) is 5.26 Å². The van der Waals surface area contributed by atoms with Crippen molar-refractivity contribution in [1.82, 2.24) is 5.32 Å². The van der Waals surface area contributed by atoms with Gasteiger partial charge in [-0.15, -0.1) is 0 Å². The summed E-state index contributed by atoms with van der Waals surface area (Å²) in [6.07, 6.45) is 0. The number of nitrogens with one attached hydrogen (secondary N) is 1. The van der Waals surface area contributed by atoms with E-state index in [1.807, 2.05) is 44.2 Å². The third-order valence-electron chi connectivity index (χ3n) is 3.14. The predicted molar refractivity (Wildman–Crippen MR) is 68.5 cm³/mol. The third kappa shape index (κ3) is 4.18. The van der Waals surface area contributed by atoms with Crippen LogP contribution >= 0.6 is 0 Å². The van der Waals surface area contributed by atoms with Crippen LogP contribution in [0.3, 0.4) is 0 Å². The minimum Gasteiger partial charge on any atom is -0.396 e. The monoisotopic (exact) mass is 232 g/mol. The van der Waals surface area contributed by atoms with Gasteiger partial charge in [0, 0.05) is 19.2 Å². The maximum absolute atomic E-state index is 9.15. The quantitative estimate of drug-likeness (QED) is 0.787. The van der Waals surface area contributed by atoms with Crippen LogP contribution in [-0.4, -0.2) is 24.3 Å². The smallest absolute Gasteiger partial charge is 0.0837 e. The van der Waals surface area contributed by atoms with E-state index in [4.69, 9.17) is 10.4 Å². The first-order valence-corrected chi connectivity index (χ1v) is 5.97. The van der Waals surface area contributed by atoms with E-state index < -0.39 is 0 Å². The molecule has 1 aromatic carbocycles. The van der Waals surface area contributed by atoms with Gasteiger partial charge in [0.2, 0.25) is 0 Å². The van der Waals surface area contributed by atoms with Gasteiger partial charge in [0.1, 0.15) is 0 Å². The second kappa shape index (κ2) is 7.05. The van der Waals surface area contributed by atoms with Crippen LogP contribution in [0.1, 0.15) is 25.3 Å². The molecule has 1 aromatic rings. The Labute approximate surface area is 103 Å². The number of hydrogen-bond acceptors (Lipinski definition) is 3. The molecule has 3 heteroatoms. The Morgan fingerprint density at radius 2 is 1.94 bits per heavy atom. The van der Waals surface area contributed by atoms with Gasteiger partial charge >= 0.3 is 0 Å². The Kier molecular flexibility index (Phi) is 5.68. The molecule has 0 aromatic heterocycles. The average molecular weight is 232 g/mol. The number of aliphatic hydroxyl groups excluding tert-OH is 1. The minimum atomic E-state index is -0.135. The second-order valence-electron chi connectivity index (χ2n) is 4.45. The van der Waals surface area contributed by atoms with Crippen molar-refractivity contribution in [2.45, 2.75) is 25.8 Å². The average Bonchev–Trinajstić information content (AvgIpc) is 2.39. The highest BCUT2D eigenvalue weighted by Crippen LogP contribution is 2.14. The summed E-state index contributed by atoms with van der Waals surface area (Å²) in [5.74, 6) is 0.0645. The maximum Gasteiger partial charge on any atom is 0.0837 e. The standard InChI is InChI=1S/C14H20N2O/c1-11(10-17)12(2)16-9-14(8-15)13-6-4-3-5-7-13/h3-7,11-12,14,16-17H,9-10H2,1-2H3. The molecule has 0 aliphatic rings. The molecule has 0 aliphatic carbocycles. The molecule has 0 bridgehead atoms. The van der Waals surface area contributed by atoms with Crippen LogP contribution in [0.25, 0.3) is 0 Å². The molecular formula is C14H20N2O. The lowest BCUT2D eigenvalue weighted by Gasteiger charge is -2.21. The molecule has 0 aliphatic heterocycles. The van der Waals surface area contributed by atoms with E-state index >= 15 is 0 Å². The Balaban J connectivity index is 2.52. The first-order valence-electron chi connectivity index (χ1n) is 5.97. The van der Waals surface area contributed by atoms with Crippen molar-refractivity contribution < 1.29 is 5.11 Å². The third-order valence-corrected chi connectivity index (χ3v) is 3.14. The molecule has 0 saturated carbocycles. The van der Waals surface area contributed by atoms with Gasteiger partial charge < -0.3 is 10.4 Å². The van der Waals surface area contributed by atoms with Crippen LogP contribution in [0.5, 0.6) is 0 Å². The molecule has 3 nitrogen and oxygen atoms in total. The summed E-state index contributed by atoms with van der Waals surface area (Å²) < 4.78 is 0. The van der Waals surface area contributed by atoms with Crippen molar-refractivity contribution in [3.63, 3.8) is 0 Å². The molecule has 17 heavy (non-hydrogen) atoms. The van der Waals surface area contributed by atoms with Gasteiger partial charge in [0.05, 0.1) is 12.0 Å². The lowest BCUT2D eigenvalue weighted by molar-refractivity contribution is 0.207. The molecule has 0 radical (unpaired) electrons. The highest BCUT2D eigenvalue weighted by Gasteiger charge is 2.14. The Morgan fingerprint density at radius 3 is 2.47 bits per heavy atom. The first kappa shape index (κ1) is 13.7. The van der Waals surface area contributed by atoms with Gasteiger partial charge in [-0.05, 0) is 18.4 Å². The summed E-state index contributed by atoms with van der Waals surface area (Å²) in [5.41, 5.74) is 1.03. The summed E-state index contributed by atoms with van der Waals surface area (Å²) in [7, 11) is 0. The topological polar surface area (TPSA) is 56.0 Å². The molecule has 0 heterocycles. The van der Waals surface area contributed by atoms with Gasteiger partial charge in [0.25, 0.3) is 0 Å². The summed E-state index contributed by atoms with van der Waals surface area (Å²) >= 11 is 0. The van der Waals surface area contributed by atoms with E-state index in [1.54, 1.807) is 0 Å². The summed E-state index contributed by atoms with van der Waals surface area (Å²) in [5, 5.41) is 21.5. The van der Waals surface area contributed by atoms with Gasteiger partial charge in [-0.2, -0.15) is 5.26 Å². The molecule has 0 amide bonds. The van der Waals surface area contributed by atoms with Crippen molar-refractivity contribution in [3.05, 3.63) is 35.9 Å². The fourth-order valence-corrected chi connectivity index (χ4v) is 1.59. The van der Waals surface area contributed by atoms with Gasteiger partial charge in [0.15, 0.2) is 0 Å². The molecular weight excluding hydrogens is 212 g/mol. The Hall–Kier alpha value is -1.37. The van der Waals surface area contributed by atoms with E-state index in [2.05, 4.69) is 11.4 Å². The second-order valence-corrected chi connectivity index (χ2v) is 4.45. The van der Waals surface area contributed by atoms with E-state index in [0.717, 1.165) is 5.56 Å². The number of aliphatic hydroxyl groups is 1. The summed E-state index contributed by atoms with van der Waals surface area (Å²) in [4.78, 5) is 0. The zero-order valence-electron chi connectivity index (χ0n) is 10.4. The fraction of sp³-hybridized carbons (Fsp3) is 0.500. The van der Waals surface area contributed by atoms with E-state index in [1.165, 1.54) is 0 Å². The van der Waals surface area contributed by atoms with Crippen LogP contribution in [0, 0.1) is 17.2 Å². The molecule has 1 rings (SSSR count). The number of hydrogen-bond donors (Lipinski definition) is 2. The largest absolute Gasteiger partial charge is 0.396 e. The highest BCUT2D eigenvalue weighted by molar-refractivity contribution is 5.25. The summed E-state index contributed by atoms with van der Waals surface area (Å²) in [6.45, 7) is 4.80. The van der Waals surface area contributed by atoms with Crippen LogP contribution in [0.2, 0.25) is 0 Å². The molecule has 3 unspecified atom stereocenters. The molecule has 0 spiro atoms. The molecule has 92 valence electrons. The Bertz CT molecular complexity index is 358. The normalized spacial score (nSPS) is 15.9. The molecule has 3 atom stereocenters. The molecule has 0 fully saturated rings. The van der Waals surface area contributed by atoms with Crippen molar-refractivity contribution in [3.8, 4) is 6.07 Å². The number of benzene rings is 1. The van der Waals surface area contributed by atoms with Gasteiger partial charge in [-0.25, -0.2) is 0 Å². The zero-order valence-corrected chi connectivity index (χ0v) is 10.4. The van der Waals surface area contributed by atoms with Crippen LogP contribution in [-0.2, 0) is 0 Å². The van der Waals surface area contributed by atoms with E-state index in [9.17, 15) is 0 Å². The van der Waals surface area contributed by atoms with Gasteiger partial charge in [-0.3, -0.25) is 0 Å². The van der Waals surface area contributed by atoms with E-state index in [-0.39, 0.29) is 24.5 Å². The predicted octanol–water partition coefficient (Wildman–Crippen LogP) is 1.90. The molecule has 0 saturated heterocycles. The zero-order chi connectivity index (χ0) is 12.7. The highest BCUT2D eigenvalue weighted by atomic mass is 16.3. The van der Waals surface area contributed by atoms with Crippen LogP contribution in [0.15, 0.2) is 30.3 Å². The minimum absolute atomic E-state index is 0.135. The van der Waals surface area contributed by atoms with Crippen molar-refractivity contribution in [2.75, 3.05) is 13.2 Å². The first-order chi connectivity index (χ1) is 8.19. The lowest BCUT2D eigenvalue weighted by Crippen LogP contribution is -2.36. The lowest BCUT2D eigenvalue weighted by atomic mass is 9.99. The SMILES string of the molecule is CC(CO)C(C)NCC(C#N)c1ccccc1.